The van der Waals surface area contributed by atoms with Gasteiger partial charge in [0.05, 0.1) is 17.4 Å². The number of amides is 1. The number of carbonyl (C=O) groups is 1. The van der Waals surface area contributed by atoms with Crippen LogP contribution in [0.2, 0.25) is 0 Å². The number of aryl methyl sites for hydroxylation is 3. The third kappa shape index (κ3) is 4.23. The second kappa shape index (κ2) is 7.18. The van der Waals surface area contributed by atoms with E-state index in [9.17, 15) is 4.79 Å². The summed E-state index contributed by atoms with van der Waals surface area (Å²) >= 11 is 0. The van der Waals surface area contributed by atoms with E-state index < -0.39 is 0 Å². The molecule has 0 aliphatic carbocycles. The van der Waals surface area contributed by atoms with E-state index in [1.54, 1.807) is 18.5 Å². The molecule has 0 spiro atoms. The number of pyridine rings is 1. The van der Waals surface area contributed by atoms with Gasteiger partial charge in [-0.1, -0.05) is 35.4 Å². The third-order valence-electron chi connectivity index (χ3n) is 3.97. The Bertz CT molecular complexity index is 901. The average molecular weight is 331 g/mol. The zero-order valence-corrected chi connectivity index (χ0v) is 14.6. The zero-order valence-electron chi connectivity index (χ0n) is 14.6. The van der Waals surface area contributed by atoms with Crippen molar-refractivity contribution in [2.45, 2.75) is 20.8 Å². The summed E-state index contributed by atoms with van der Waals surface area (Å²) in [4.78, 5) is 16.6. The summed E-state index contributed by atoms with van der Waals surface area (Å²) in [5.74, 6) is -0.180. The van der Waals surface area contributed by atoms with Gasteiger partial charge in [0.1, 0.15) is 0 Å². The molecule has 0 aliphatic heterocycles. The van der Waals surface area contributed by atoms with E-state index in [1.165, 1.54) is 5.56 Å². The van der Waals surface area contributed by atoms with E-state index in [4.69, 9.17) is 0 Å². The molecule has 3 rings (SSSR count). The summed E-state index contributed by atoms with van der Waals surface area (Å²) in [6, 6.07) is 15.7. The molecule has 4 nitrogen and oxygen atoms in total. The summed E-state index contributed by atoms with van der Waals surface area (Å²) in [5.41, 5.74) is 6.58. The summed E-state index contributed by atoms with van der Waals surface area (Å²) < 4.78 is 0. The van der Waals surface area contributed by atoms with Gasteiger partial charge in [-0.25, -0.2) is 0 Å². The molecule has 0 radical (unpaired) electrons. The van der Waals surface area contributed by atoms with Gasteiger partial charge in [0.2, 0.25) is 0 Å². The van der Waals surface area contributed by atoms with Crippen LogP contribution in [0.3, 0.4) is 0 Å². The molecule has 0 saturated heterocycles. The predicted molar refractivity (Wildman–Crippen MR) is 103 cm³/mol. The number of carbonyl (C=O) groups excluding carboxylic acids is 1. The number of hydrogen-bond donors (Lipinski definition) is 2. The van der Waals surface area contributed by atoms with Gasteiger partial charge < -0.3 is 10.6 Å². The van der Waals surface area contributed by atoms with Gasteiger partial charge in [-0.05, 0) is 50.6 Å². The molecule has 2 aromatic carbocycles. The molecular formula is C21H21N3O. The molecule has 1 aromatic heterocycles. The quantitative estimate of drug-likeness (QED) is 0.707. The summed E-state index contributed by atoms with van der Waals surface area (Å²) in [6.07, 6.45) is 3.28. The summed E-state index contributed by atoms with van der Waals surface area (Å²) in [7, 11) is 0. The maximum Gasteiger partial charge on any atom is 0.257 e. The topological polar surface area (TPSA) is 54.0 Å². The fraction of sp³-hybridized carbons (Fsp3) is 0.143. The number of aromatic nitrogens is 1. The van der Waals surface area contributed by atoms with Crippen LogP contribution in [0.1, 0.15) is 27.0 Å². The van der Waals surface area contributed by atoms with Crippen LogP contribution in [0.25, 0.3) is 0 Å². The highest BCUT2D eigenvalue weighted by Crippen LogP contribution is 2.22. The van der Waals surface area contributed by atoms with E-state index >= 15 is 0 Å². The molecule has 0 aliphatic rings. The molecule has 4 heteroatoms. The number of hydrogen-bond acceptors (Lipinski definition) is 3. The first-order valence-corrected chi connectivity index (χ1v) is 8.18. The predicted octanol–water partition coefficient (Wildman–Crippen LogP) is 5.00. The molecule has 2 N–H and O–H groups in total. The van der Waals surface area contributed by atoms with E-state index in [0.717, 1.165) is 28.2 Å². The minimum Gasteiger partial charge on any atom is -0.354 e. The minimum atomic E-state index is -0.180. The monoisotopic (exact) mass is 331 g/mol. The molecule has 0 fully saturated rings. The van der Waals surface area contributed by atoms with Gasteiger partial charge in [0.15, 0.2) is 0 Å². The Balaban J connectivity index is 1.76. The van der Waals surface area contributed by atoms with E-state index in [0.29, 0.717) is 5.56 Å². The molecule has 0 saturated carbocycles. The fourth-order valence-corrected chi connectivity index (χ4v) is 2.58. The number of rotatable bonds is 4. The van der Waals surface area contributed by atoms with Crippen molar-refractivity contribution >= 4 is 23.0 Å². The van der Waals surface area contributed by atoms with E-state index in [1.807, 2.05) is 37.3 Å². The van der Waals surface area contributed by atoms with Crippen molar-refractivity contribution in [3.8, 4) is 0 Å². The first-order valence-electron chi connectivity index (χ1n) is 8.18. The van der Waals surface area contributed by atoms with Gasteiger partial charge in [0.25, 0.3) is 5.91 Å². The standard InChI is InChI=1S/C21H21N3O/c1-14-4-7-18(8-5-14)24-21(25)17-11-19(13-22-12-17)23-20-9-6-15(2)10-16(20)3/h4-13,23H,1-3H3,(H,24,25). The molecule has 25 heavy (non-hydrogen) atoms. The fourth-order valence-electron chi connectivity index (χ4n) is 2.58. The molecule has 1 heterocycles. The molecule has 0 unspecified atom stereocenters. The van der Waals surface area contributed by atoms with Crippen LogP contribution in [0.4, 0.5) is 17.1 Å². The van der Waals surface area contributed by atoms with Gasteiger partial charge in [-0.15, -0.1) is 0 Å². The Morgan fingerprint density at radius 3 is 2.28 bits per heavy atom. The highest BCUT2D eigenvalue weighted by atomic mass is 16.1. The smallest absolute Gasteiger partial charge is 0.257 e. The van der Waals surface area contributed by atoms with Gasteiger partial charge in [-0.3, -0.25) is 9.78 Å². The first kappa shape index (κ1) is 16.7. The van der Waals surface area contributed by atoms with E-state index in [2.05, 4.69) is 41.6 Å². The van der Waals surface area contributed by atoms with Crippen LogP contribution in [0.5, 0.6) is 0 Å². The molecular weight excluding hydrogens is 310 g/mol. The lowest BCUT2D eigenvalue weighted by molar-refractivity contribution is 0.102. The van der Waals surface area contributed by atoms with Crippen molar-refractivity contribution < 1.29 is 4.79 Å². The molecule has 3 aromatic rings. The highest BCUT2D eigenvalue weighted by Gasteiger charge is 2.08. The lowest BCUT2D eigenvalue weighted by atomic mass is 10.1. The largest absolute Gasteiger partial charge is 0.354 e. The zero-order chi connectivity index (χ0) is 17.8. The lowest BCUT2D eigenvalue weighted by Gasteiger charge is -2.11. The van der Waals surface area contributed by atoms with Crippen molar-refractivity contribution in [3.05, 3.63) is 83.2 Å². The van der Waals surface area contributed by atoms with Crippen LogP contribution >= 0.6 is 0 Å². The minimum absolute atomic E-state index is 0.180. The van der Waals surface area contributed by atoms with Crippen LogP contribution < -0.4 is 10.6 Å². The van der Waals surface area contributed by atoms with Crippen molar-refractivity contribution in [3.63, 3.8) is 0 Å². The molecule has 0 atom stereocenters. The maximum atomic E-state index is 12.4. The van der Waals surface area contributed by atoms with Gasteiger partial charge in [0, 0.05) is 17.6 Å². The van der Waals surface area contributed by atoms with Gasteiger partial charge >= 0.3 is 0 Å². The first-order chi connectivity index (χ1) is 12.0. The Hall–Kier alpha value is -3.14. The van der Waals surface area contributed by atoms with Crippen molar-refractivity contribution in [1.82, 2.24) is 4.98 Å². The van der Waals surface area contributed by atoms with Crippen LogP contribution in [0, 0.1) is 20.8 Å². The van der Waals surface area contributed by atoms with Crippen molar-refractivity contribution in [1.29, 1.82) is 0 Å². The number of benzene rings is 2. The second-order valence-electron chi connectivity index (χ2n) is 6.23. The third-order valence-corrected chi connectivity index (χ3v) is 3.97. The Morgan fingerprint density at radius 1 is 0.840 bits per heavy atom. The Morgan fingerprint density at radius 2 is 1.56 bits per heavy atom. The van der Waals surface area contributed by atoms with Crippen LogP contribution in [-0.2, 0) is 0 Å². The average Bonchev–Trinajstić information content (AvgIpc) is 2.60. The normalized spacial score (nSPS) is 10.4. The molecule has 0 bridgehead atoms. The van der Waals surface area contributed by atoms with E-state index in [-0.39, 0.29) is 5.91 Å². The highest BCUT2D eigenvalue weighted by molar-refractivity contribution is 6.04. The maximum absolute atomic E-state index is 12.4. The lowest BCUT2D eigenvalue weighted by Crippen LogP contribution is -2.12. The summed E-state index contributed by atoms with van der Waals surface area (Å²) in [5, 5.41) is 6.21. The summed E-state index contributed by atoms with van der Waals surface area (Å²) in [6.45, 7) is 6.13. The van der Waals surface area contributed by atoms with Crippen molar-refractivity contribution in [2.75, 3.05) is 10.6 Å². The Kier molecular flexibility index (Phi) is 4.80. The second-order valence-corrected chi connectivity index (χ2v) is 6.23. The van der Waals surface area contributed by atoms with Gasteiger partial charge in [-0.2, -0.15) is 0 Å². The number of nitrogens with one attached hydrogen (secondary N) is 2. The Labute approximate surface area is 147 Å². The van der Waals surface area contributed by atoms with Crippen LogP contribution in [-0.4, -0.2) is 10.9 Å². The number of anilines is 3. The SMILES string of the molecule is Cc1ccc(NC(=O)c2cncc(Nc3ccc(C)cc3C)c2)cc1. The number of nitrogens with zero attached hydrogens (tertiary/aromatic N) is 1. The van der Waals surface area contributed by atoms with Crippen molar-refractivity contribution in [2.24, 2.45) is 0 Å². The molecule has 126 valence electrons. The van der Waals surface area contributed by atoms with Crippen LogP contribution in [0.15, 0.2) is 60.9 Å². The molecule has 1 amide bonds.